The fourth-order valence-electron chi connectivity index (χ4n) is 2.65. The molecule has 0 fully saturated rings. The third kappa shape index (κ3) is 2.01. The van der Waals surface area contributed by atoms with E-state index in [4.69, 9.17) is 11.5 Å². The molecule has 0 spiro atoms. The molecule has 0 bridgehead atoms. The summed E-state index contributed by atoms with van der Waals surface area (Å²) in [6, 6.07) is 10.0. The molecule has 4 atom stereocenters. The summed E-state index contributed by atoms with van der Waals surface area (Å²) in [6.07, 6.45) is -0.381. The van der Waals surface area contributed by atoms with E-state index >= 15 is 0 Å². The van der Waals surface area contributed by atoms with Gasteiger partial charge in [-0.3, -0.25) is 4.98 Å². The fraction of sp³-hybridized carbons (Fsp3) is 0.267. The number of nitrogens with zero attached hydrogens (tertiary/aromatic N) is 1. The molecule has 0 radical (unpaired) electrons. The van der Waals surface area contributed by atoms with Crippen LogP contribution in [0.3, 0.4) is 0 Å². The Hall–Kier alpha value is -1.79. The van der Waals surface area contributed by atoms with Crippen LogP contribution in [0.2, 0.25) is 0 Å². The lowest BCUT2D eigenvalue weighted by molar-refractivity contribution is -0.0196. The van der Waals surface area contributed by atoms with Crippen molar-refractivity contribution in [3.8, 4) is 11.3 Å². The van der Waals surface area contributed by atoms with Crippen molar-refractivity contribution in [2.45, 2.75) is 24.3 Å². The monoisotopic (exact) mass is 271 g/mol. The summed E-state index contributed by atoms with van der Waals surface area (Å²) in [6.45, 7) is 0. The van der Waals surface area contributed by atoms with Gasteiger partial charge in [-0.05, 0) is 29.3 Å². The molecule has 0 saturated carbocycles. The Morgan fingerprint density at radius 2 is 1.60 bits per heavy atom. The van der Waals surface area contributed by atoms with Gasteiger partial charge in [-0.2, -0.15) is 0 Å². The number of hydrogen-bond donors (Lipinski definition) is 4. The highest BCUT2D eigenvalue weighted by Gasteiger charge is 2.37. The Kier molecular flexibility index (Phi) is 3.27. The van der Waals surface area contributed by atoms with Gasteiger partial charge in [-0.1, -0.05) is 18.2 Å². The minimum absolute atomic E-state index is 0.627. The molecule has 0 saturated heterocycles. The molecule has 20 heavy (non-hydrogen) atoms. The highest BCUT2D eigenvalue weighted by atomic mass is 16.3. The summed E-state index contributed by atoms with van der Waals surface area (Å²) in [5, 5.41) is 19.8. The Bertz CT molecular complexity index is 618. The van der Waals surface area contributed by atoms with Gasteiger partial charge in [0, 0.05) is 11.8 Å². The first-order chi connectivity index (χ1) is 9.59. The molecular weight excluding hydrogens is 254 g/mol. The first-order valence-corrected chi connectivity index (χ1v) is 6.52. The molecule has 5 nitrogen and oxygen atoms in total. The SMILES string of the molecule is N[C@@H]1c2cc(-c3ccccn3)ccc2[C@H](N)[C@@H](O)[C@H]1O. The second-order valence-corrected chi connectivity index (χ2v) is 5.09. The van der Waals surface area contributed by atoms with E-state index in [0.717, 1.165) is 22.4 Å². The molecule has 6 N–H and O–H groups in total. The average molecular weight is 271 g/mol. The number of aliphatic hydroxyl groups excluding tert-OH is 2. The summed E-state index contributed by atoms with van der Waals surface area (Å²) >= 11 is 0. The Balaban J connectivity index is 2.09. The zero-order valence-electron chi connectivity index (χ0n) is 10.8. The van der Waals surface area contributed by atoms with E-state index in [1.807, 2.05) is 36.4 Å². The predicted octanol–water partition coefficient (Wildman–Crippen LogP) is 0.484. The summed E-state index contributed by atoms with van der Waals surface area (Å²) in [7, 11) is 0. The van der Waals surface area contributed by atoms with Crippen LogP contribution in [0.15, 0.2) is 42.6 Å². The third-order valence-corrected chi connectivity index (χ3v) is 3.85. The molecule has 0 amide bonds. The molecule has 2 aromatic rings. The zero-order chi connectivity index (χ0) is 14.3. The van der Waals surface area contributed by atoms with Crippen molar-refractivity contribution in [3.63, 3.8) is 0 Å². The average Bonchev–Trinajstić information content (AvgIpc) is 2.51. The van der Waals surface area contributed by atoms with Gasteiger partial charge in [-0.25, -0.2) is 0 Å². The fourth-order valence-corrected chi connectivity index (χ4v) is 2.65. The van der Waals surface area contributed by atoms with Gasteiger partial charge in [0.05, 0.1) is 17.8 Å². The maximum atomic E-state index is 9.95. The molecule has 5 heteroatoms. The quantitative estimate of drug-likeness (QED) is 0.604. The molecule has 1 aromatic carbocycles. The summed E-state index contributed by atoms with van der Waals surface area (Å²) in [5.41, 5.74) is 15.2. The van der Waals surface area contributed by atoms with Crippen molar-refractivity contribution in [1.82, 2.24) is 4.98 Å². The van der Waals surface area contributed by atoms with Crippen LogP contribution in [0.1, 0.15) is 23.2 Å². The number of pyridine rings is 1. The summed E-state index contributed by atoms with van der Waals surface area (Å²) in [5.74, 6) is 0. The lowest BCUT2D eigenvalue weighted by Gasteiger charge is -2.36. The number of nitrogens with two attached hydrogens (primary N) is 2. The van der Waals surface area contributed by atoms with E-state index in [2.05, 4.69) is 4.98 Å². The number of aromatic nitrogens is 1. The lowest BCUT2D eigenvalue weighted by Crippen LogP contribution is -2.47. The van der Waals surface area contributed by atoms with E-state index < -0.39 is 24.3 Å². The van der Waals surface area contributed by atoms with E-state index in [9.17, 15) is 10.2 Å². The molecule has 1 aliphatic carbocycles. The normalized spacial score (nSPS) is 29.0. The smallest absolute Gasteiger partial charge is 0.101 e. The second kappa shape index (κ2) is 4.96. The molecule has 0 aliphatic heterocycles. The molecule has 1 aliphatic rings. The Morgan fingerprint density at radius 1 is 0.900 bits per heavy atom. The van der Waals surface area contributed by atoms with Crippen LogP contribution in [0.25, 0.3) is 11.3 Å². The van der Waals surface area contributed by atoms with Crippen molar-refractivity contribution in [2.24, 2.45) is 11.5 Å². The first kappa shape index (κ1) is 13.2. The van der Waals surface area contributed by atoms with Crippen LogP contribution < -0.4 is 11.5 Å². The second-order valence-electron chi connectivity index (χ2n) is 5.09. The van der Waals surface area contributed by atoms with E-state index in [1.165, 1.54) is 0 Å². The molecular formula is C15H17N3O2. The highest BCUT2D eigenvalue weighted by Crippen LogP contribution is 2.36. The minimum atomic E-state index is -1.06. The van der Waals surface area contributed by atoms with Crippen LogP contribution in [0.4, 0.5) is 0 Å². The standard InChI is InChI=1S/C15H17N3O2/c16-12-9-5-4-8(11-3-1-2-6-18-11)7-10(9)13(17)15(20)14(12)19/h1-7,12-15,19-20H,16-17H2/t12-,13+,14+,15-/m0/s1. The first-order valence-electron chi connectivity index (χ1n) is 6.52. The molecule has 3 rings (SSSR count). The van der Waals surface area contributed by atoms with Crippen LogP contribution >= 0.6 is 0 Å². The van der Waals surface area contributed by atoms with Gasteiger partial charge >= 0.3 is 0 Å². The van der Waals surface area contributed by atoms with Crippen molar-refractivity contribution in [3.05, 3.63) is 53.7 Å². The van der Waals surface area contributed by atoms with Crippen molar-refractivity contribution < 1.29 is 10.2 Å². The van der Waals surface area contributed by atoms with E-state index in [0.29, 0.717) is 0 Å². The van der Waals surface area contributed by atoms with Crippen LogP contribution in [0.5, 0.6) is 0 Å². The summed E-state index contributed by atoms with van der Waals surface area (Å²) in [4.78, 5) is 4.29. The minimum Gasteiger partial charge on any atom is -0.388 e. The lowest BCUT2D eigenvalue weighted by atomic mass is 9.80. The largest absolute Gasteiger partial charge is 0.388 e. The topological polar surface area (TPSA) is 105 Å². The van der Waals surface area contributed by atoms with E-state index in [1.54, 1.807) is 6.20 Å². The molecule has 104 valence electrons. The van der Waals surface area contributed by atoms with Crippen LogP contribution in [0, 0.1) is 0 Å². The van der Waals surface area contributed by atoms with Crippen molar-refractivity contribution in [2.75, 3.05) is 0 Å². The number of aliphatic hydroxyl groups is 2. The van der Waals surface area contributed by atoms with Gasteiger partial charge in [0.2, 0.25) is 0 Å². The predicted molar refractivity (Wildman–Crippen MR) is 75.5 cm³/mol. The van der Waals surface area contributed by atoms with Crippen molar-refractivity contribution in [1.29, 1.82) is 0 Å². The number of rotatable bonds is 1. The van der Waals surface area contributed by atoms with Crippen molar-refractivity contribution >= 4 is 0 Å². The number of benzene rings is 1. The molecule has 1 aromatic heterocycles. The zero-order valence-corrected chi connectivity index (χ0v) is 10.8. The van der Waals surface area contributed by atoms with Gasteiger partial charge in [0.25, 0.3) is 0 Å². The summed E-state index contributed by atoms with van der Waals surface area (Å²) < 4.78 is 0. The highest BCUT2D eigenvalue weighted by molar-refractivity contribution is 5.62. The Labute approximate surface area is 116 Å². The van der Waals surface area contributed by atoms with Gasteiger partial charge in [-0.15, -0.1) is 0 Å². The van der Waals surface area contributed by atoms with Gasteiger partial charge in [0.1, 0.15) is 12.2 Å². The van der Waals surface area contributed by atoms with Gasteiger partial charge in [0.15, 0.2) is 0 Å². The number of fused-ring (bicyclic) bond motifs is 1. The van der Waals surface area contributed by atoms with Gasteiger partial charge < -0.3 is 21.7 Å². The van der Waals surface area contributed by atoms with E-state index in [-0.39, 0.29) is 0 Å². The van der Waals surface area contributed by atoms with Crippen LogP contribution in [-0.4, -0.2) is 27.4 Å². The third-order valence-electron chi connectivity index (χ3n) is 3.85. The maximum absolute atomic E-state index is 9.95. The maximum Gasteiger partial charge on any atom is 0.101 e. The molecule has 0 unspecified atom stereocenters. The van der Waals surface area contributed by atoms with Crippen LogP contribution in [-0.2, 0) is 0 Å². The molecule has 1 heterocycles. The number of hydrogen-bond acceptors (Lipinski definition) is 5. The Morgan fingerprint density at radius 3 is 2.25 bits per heavy atom.